The molecule has 0 fully saturated rings. The van der Waals surface area contributed by atoms with Crippen LogP contribution < -0.4 is 10.6 Å². The van der Waals surface area contributed by atoms with Crippen molar-refractivity contribution in [2.75, 3.05) is 5.32 Å². The number of hydrogen-bond donors (Lipinski definition) is 2. The normalized spacial score (nSPS) is 10.9. The fourth-order valence-electron chi connectivity index (χ4n) is 3.64. The van der Waals surface area contributed by atoms with Gasteiger partial charge in [-0.2, -0.15) is 15.3 Å². The molecule has 33 heavy (non-hydrogen) atoms. The van der Waals surface area contributed by atoms with Crippen molar-refractivity contribution in [3.05, 3.63) is 82.7 Å². The van der Waals surface area contributed by atoms with Gasteiger partial charge in [0.15, 0.2) is 0 Å². The summed E-state index contributed by atoms with van der Waals surface area (Å²) in [7, 11) is 3.47. The minimum atomic E-state index is -0.340. The second-order valence-electron chi connectivity index (χ2n) is 7.97. The maximum atomic E-state index is 12.9. The van der Waals surface area contributed by atoms with E-state index in [1.165, 1.54) is 10.9 Å². The number of nitrogens with one attached hydrogen (secondary N) is 2. The number of rotatable bonds is 7. The third-order valence-electron chi connectivity index (χ3n) is 5.24. The van der Waals surface area contributed by atoms with Crippen LogP contribution in [-0.2, 0) is 27.2 Å². The van der Waals surface area contributed by atoms with Crippen LogP contribution in [0.3, 0.4) is 0 Å². The van der Waals surface area contributed by atoms with E-state index in [4.69, 9.17) is 0 Å². The Morgan fingerprint density at radius 1 is 1.00 bits per heavy atom. The van der Waals surface area contributed by atoms with Crippen LogP contribution in [-0.4, -0.2) is 41.2 Å². The highest BCUT2D eigenvalue weighted by molar-refractivity contribution is 6.08. The third kappa shape index (κ3) is 5.00. The average molecular weight is 447 g/mol. The SMILES string of the molecule is Cc1cc(C)n(Cc2cccc(C(=O)Nc3cnn(C)c3C(=O)NCc3cnn(C)c3)c2)n1. The lowest BCUT2D eigenvalue weighted by Gasteiger charge is -2.10. The Kier molecular flexibility index (Phi) is 6.07. The number of nitrogens with zero attached hydrogens (tertiary/aromatic N) is 6. The highest BCUT2D eigenvalue weighted by Gasteiger charge is 2.19. The van der Waals surface area contributed by atoms with E-state index in [0.717, 1.165) is 22.5 Å². The van der Waals surface area contributed by atoms with Gasteiger partial charge in [-0.15, -0.1) is 0 Å². The van der Waals surface area contributed by atoms with Crippen LogP contribution >= 0.6 is 0 Å². The highest BCUT2D eigenvalue weighted by atomic mass is 16.2. The van der Waals surface area contributed by atoms with Gasteiger partial charge >= 0.3 is 0 Å². The molecule has 0 aliphatic carbocycles. The monoisotopic (exact) mass is 446 g/mol. The quantitative estimate of drug-likeness (QED) is 0.452. The Hall–Kier alpha value is -4.21. The molecule has 3 heterocycles. The Morgan fingerprint density at radius 3 is 2.52 bits per heavy atom. The molecule has 3 aromatic heterocycles. The lowest BCUT2D eigenvalue weighted by molar-refractivity contribution is 0.0942. The van der Waals surface area contributed by atoms with Gasteiger partial charge in [0, 0.05) is 43.7 Å². The van der Waals surface area contributed by atoms with Gasteiger partial charge in [0.05, 0.1) is 30.3 Å². The molecule has 0 atom stereocenters. The van der Waals surface area contributed by atoms with E-state index < -0.39 is 0 Å². The zero-order chi connectivity index (χ0) is 23.5. The van der Waals surface area contributed by atoms with E-state index in [2.05, 4.69) is 25.9 Å². The molecule has 0 saturated heterocycles. The number of benzene rings is 1. The summed E-state index contributed by atoms with van der Waals surface area (Å²) >= 11 is 0. The van der Waals surface area contributed by atoms with Crippen LogP contribution in [0.2, 0.25) is 0 Å². The molecular weight excluding hydrogens is 420 g/mol. The third-order valence-corrected chi connectivity index (χ3v) is 5.24. The molecule has 170 valence electrons. The fraction of sp³-hybridized carbons (Fsp3) is 0.261. The molecule has 2 N–H and O–H groups in total. The summed E-state index contributed by atoms with van der Waals surface area (Å²) < 4.78 is 5.01. The molecule has 0 unspecified atom stereocenters. The van der Waals surface area contributed by atoms with E-state index in [1.54, 1.807) is 24.0 Å². The summed E-state index contributed by atoms with van der Waals surface area (Å²) in [6.07, 6.45) is 4.98. The number of hydrogen-bond acceptors (Lipinski definition) is 5. The molecule has 2 amide bonds. The van der Waals surface area contributed by atoms with E-state index in [1.807, 2.05) is 56.0 Å². The van der Waals surface area contributed by atoms with Gasteiger partial charge in [0.25, 0.3) is 11.8 Å². The standard InChI is InChI=1S/C23H26N8O2/c1-15-8-16(2)31(28-15)14-17-6-5-7-19(9-17)22(32)27-20-12-26-30(4)21(20)23(33)24-10-18-11-25-29(3)13-18/h5-9,11-13H,10,14H2,1-4H3,(H,24,33)(H,27,32). The summed E-state index contributed by atoms with van der Waals surface area (Å²) in [5.41, 5.74) is 4.93. The van der Waals surface area contributed by atoms with Gasteiger partial charge in [-0.25, -0.2) is 0 Å². The number of amides is 2. The van der Waals surface area contributed by atoms with Crippen molar-refractivity contribution in [2.24, 2.45) is 14.1 Å². The smallest absolute Gasteiger partial charge is 0.271 e. The van der Waals surface area contributed by atoms with E-state index >= 15 is 0 Å². The first-order valence-electron chi connectivity index (χ1n) is 10.5. The van der Waals surface area contributed by atoms with Crippen molar-refractivity contribution in [1.29, 1.82) is 0 Å². The minimum absolute atomic E-state index is 0.269. The van der Waals surface area contributed by atoms with Crippen LogP contribution in [0, 0.1) is 13.8 Å². The molecule has 0 aliphatic rings. The molecule has 0 spiro atoms. The first-order valence-corrected chi connectivity index (χ1v) is 10.5. The summed E-state index contributed by atoms with van der Waals surface area (Å²) in [5, 5.41) is 18.4. The molecule has 1 aromatic carbocycles. The number of aryl methyl sites for hydroxylation is 4. The van der Waals surface area contributed by atoms with Crippen LogP contribution in [0.4, 0.5) is 5.69 Å². The van der Waals surface area contributed by atoms with Crippen molar-refractivity contribution in [3.8, 4) is 0 Å². The minimum Gasteiger partial charge on any atom is -0.346 e. The van der Waals surface area contributed by atoms with Crippen LogP contribution in [0.5, 0.6) is 0 Å². The number of carbonyl (C=O) groups is 2. The van der Waals surface area contributed by atoms with Gasteiger partial charge in [0.1, 0.15) is 5.69 Å². The summed E-state index contributed by atoms with van der Waals surface area (Å²) in [6.45, 7) is 4.83. The molecule has 4 aromatic rings. The maximum absolute atomic E-state index is 12.9. The predicted molar refractivity (Wildman–Crippen MR) is 123 cm³/mol. The summed E-state index contributed by atoms with van der Waals surface area (Å²) in [4.78, 5) is 25.7. The largest absolute Gasteiger partial charge is 0.346 e. The highest BCUT2D eigenvalue weighted by Crippen LogP contribution is 2.17. The average Bonchev–Trinajstić information content (AvgIpc) is 3.45. The predicted octanol–water partition coefficient (Wildman–Crippen LogP) is 2.20. The number of anilines is 1. The first-order chi connectivity index (χ1) is 15.8. The zero-order valence-electron chi connectivity index (χ0n) is 19.0. The molecular formula is C23H26N8O2. The van der Waals surface area contributed by atoms with Gasteiger partial charge in [-0.05, 0) is 37.6 Å². The van der Waals surface area contributed by atoms with Crippen LogP contribution in [0.15, 0.2) is 48.9 Å². The van der Waals surface area contributed by atoms with Crippen molar-refractivity contribution < 1.29 is 9.59 Å². The van der Waals surface area contributed by atoms with Crippen LogP contribution in [0.25, 0.3) is 0 Å². The topological polar surface area (TPSA) is 112 Å². The molecule has 0 aliphatic heterocycles. The van der Waals surface area contributed by atoms with Gasteiger partial charge in [0.2, 0.25) is 0 Å². The second-order valence-corrected chi connectivity index (χ2v) is 7.97. The Morgan fingerprint density at radius 2 is 1.82 bits per heavy atom. The van der Waals surface area contributed by atoms with Crippen molar-refractivity contribution in [3.63, 3.8) is 0 Å². The first kappa shape index (κ1) is 22.0. The van der Waals surface area contributed by atoms with Gasteiger partial charge in [-0.3, -0.25) is 23.6 Å². The number of aromatic nitrogens is 6. The van der Waals surface area contributed by atoms with Crippen molar-refractivity contribution >= 4 is 17.5 Å². The Labute approximate surface area is 191 Å². The molecule has 4 rings (SSSR count). The van der Waals surface area contributed by atoms with Crippen molar-refractivity contribution in [2.45, 2.75) is 26.9 Å². The van der Waals surface area contributed by atoms with E-state index in [0.29, 0.717) is 24.3 Å². The van der Waals surface area contributed by atoms with E-state index in [9.17, 15) is 9.59 Å². The van der Waals surface area contributed by atoms with Gasteiger partial charge < -0.3 is 10.6 Å². The second kappa shape index (κ2) is 9.11. The fourth-order valence-corrected chi connectivity index (χ4v) is 3.64. The lowest BCUT2D eigenvalue weighted by Crippen LogP contribution is -2.26. The Balaban J connectivity index is 1.46. The summed E-state index contributed by atoms with van der Waals surface area (Å²) in [5.74, 6) is -0.660. The lowest BCUT2D eigenvalue weighted by atomic mass is 10.1. The molecule has 0 radical (unpaired) electrons. The maximum Gasteiger partial charge on any atom is 0.271 e. The van der Waals surface area contributed by atoms with Gasteiger partial charge in [-0.1, -0.05) is 12.1 Å². The van der Waals surface area contributed by atoms with Crippen LogP contribution in [0.1, 0.15) is 43.4 Å². The van der Waals surface area contributed by atoms with Crippen molar-refractivity contribution in [1.82, 2.24) is 34.7 Å². The summed E-state index contributed by atoms with van der Waals surface area (Å²) in [6, 6.07) is 9.36. The molecule has 10 heteroatoms. The molecule has 10 nitrogen and oxygen atoms in total. The number of carbonyl (C=O) groups excluding carboxylic acids is 2. The Bertz CT molecular complexity index is 1310. The molecule has 0 bridgehead atoms. The zero-order valence-corrected chi connectivity index (χ0v) is 19.0. The van der Waals surface area contributed by atoms with E-state index in [-0.39, 0.29) is 17.5 Å². The molecule has 0 saturated carbocycles.